The van der Waals surface area contributed by atoms with Crippen molar-refractivity contribution in [3.63, 3.8) is 0 Å². The van der Waals surface area contributed by atoms with Gasteiger partial charge in [0.05, 0.1) is 6.61 Å². The van der Waals surface area contributed by atoms with Gasteiger partial charge < -0.3 is 10.1 Å². The van der Waals surface area contributed by atoms with Crippen molar-refractivity contribution in [1.82, 2.24) is 10.2 Å². The molecule has 2 rings (SSSR count). The van der Waals surface area contributed by atoms with Crippen LogP contribution in [0, 0.1) is 5.92 Å². The third kappa shape index (κ3) is 2.59. The summed E-state index contributed by atoms with van der Waals surface area (Å²) in [7, 11) is 0. The van der Waals surface area contributed by atoms with Crippen LogP contribution < -0.4 is 5.32 Å². The molecule has 0 aromatic carbocycles. The Kier molecular flexibility index (Phi) is 4.05. The molecule has 3 nitrogen and oxygen atoms in total. The van der Waals surface area contributed by atoms with Crippen molar-refractivity contribution in [3.8, 4) is 0 Å². The molecule has 1 N–H and O–H groups in total. The minimum absolute atomic E-state index is 0.244. The highest BCUT2D eigenvalue weighted by Crippen LogP contribution is 2.34. The summed E-state index contributed by atoms with van der Waals surface area (Å²) in [6.45, 7) is 15.8. The number of hydrogen-bond acceptors (Lipinski definition) is 3. The first-order valence-electron chi connectivity index (χ1n) is 7.50. The predicted molar refractivity (Wildman–Crippen MR) is 75.9 cm³/mol. The van der Waals surface area contributed by atoms with Crippen LogP contribution in [0.2, 0.25) is 0 Å². The van der Waals surface area contributed by atoms with Crippen molar-refractivity contribution >= 4 is 0 Å². The maximum Gasteiger partial charge on any atom is 0.0648 e. The lowest BCUT2D eigenvalue weighted by Gasteiger charge is -2.53. The first-order chi connectivity index (χ1) is 8.40. The van der Waals surface area contributed by atoms with E-state index in [1.165, 1.54) is 12.8 Å². The SMILES string of the molecule is CCC1(C)CN(C2(C)CCOC2)C(C(C)C)CN1. The first-order valence-corrected chi connectivity index (χ1v) is 7.50. The van der Waals surface area contributed by atoms with E-state index in [9.17, 15) is 0 Å². The van der Waals surface area contributed by atoms with Gasteiger partial charge in [-0.2, -0.15) is 0 Å². The Balaban J connectivity index is 2.19. The summed E-state index contributed by atoms with van der Waals surface area (Å²) in [6.07, 6.45) is 2.36. The molecule has 0 aromatic rings. The van der Waals surface area contributed by atoms with E-state index >= 15 is 0 Å². The monoisotopic (exact) mass is 254 g/mol. The van der Waals surface area contributed by atoms with Gasteiger partial charge in [-0.1, -0.05) is 20.8 Å². The van der Waals surface area contributed by atoms with Crippen LogP contribution in [0.25, 0.3) is 0 Å². The van der Waals surface area contributed by atoms with E-state index in [2.05, 4.69) is 44.8 Å². The molecule has 3 heteroatoms. The van der Waals surface area contributed by atoms with Crippen molar-refractivity contribution in [2.45, 2.75) is 64.6 Å². The largest absolute Gasteiger partial charge is 0.379 e. The maximum atomic E-state index is 5.68. The van der Waals surface area contributed by atoms with Gasteiger partial charge in [-0.05, 0) is 32.6 Å². The van der Waals surface area contributed by atoms with Crippen molar-refractivity contribution in [2.75, 3.05) is 26.3 Å². The van der Waals surface area contributed by atoms with Gasteiger partial charge in [-0.15, -0.1) is 0 Å². The van der Waals surface area contributed by atoms with Crippen LogP contribution in [-0.2, 0) is 4.74 Å². The molecule has 2 aliphatic heterocycles. The smallest absolute Gasteiger partial charge is 0.0648 e. The summed E-state index contributed by atoms with van der Waals surface area (Å²) in [5, 5.41) is 3.76. The van der Waals surface area contributed by atoms with Crippen LogP contribution in [0.3, 0.4) is 0 Å². The van der Waals surface area contributed by atoms with E-state index in [0.29, 0.717) is 12.0 Å². The lowest BCUT2D eigenvalue weighted by atomic mass is 9.84. The summed E-state index contributed by atoms with van der Waals surface area (Å²) in [5.41, 5.74) is 0.504. The molecule has 2 aliphatic rings. The summed E-state index contributed by atoms with van der Waals surface area (Å²) in [4.78, 5) is 2.74. The Hall–Kier alpha value is -0.120. The molecule has 0 radical (unpaired) electrons. The van der Waals surface area contributed by atoms with Gasteiger partial charge in [0.2, 0.25) is 0 Å². The molecule has 0 aromatic heterocycles. The Morgan fingerprint density at radius 3 is 2.61 bits per heavy atom. The van der Waals surface area contributed by atoms with Gasteiger partial charge in [0, 0.05) is 36.8 Å². The molecule has 3 atom stereocenters. The molecule has 0 amide bonds. The zero-order chi connectivity index (χ0) is 13.4. The molecular weight excluding hydrogens is 224 g/mol. The van der Waals surface area contributed by atoms with Crippen molar-refractivity contribution < 1.29 is 4.74 Å². The molecule has 2 saturated heterocycles. The molecule has 3 unspecified atom stereocenters. The maximum absolute atomic E-state index is 5.68. The number of nitrogens with one attached hydrogen (secondary N) is 1. The van der Waals surface area contributed by atoms with Crippen LogP contribution in [0.1, 0.15) is 47.5 Å². The first kappa shape index (κ1) is 14.3. The average Bonchev–Trinajstić information content (AvgIpc) is 2.77. The second kappa shape index (κ2) is 5.10. The molecule has 106 valence electrons. The number of rotatable bonds is 3. The van der Waals surface area contributed by atoms with Gasteiger partial charge in [0.1, 0.15) is 0 Å². The number of piperazine rings is 1. The standard InChI is InChI=1S/C15H30N2O/c1-6-14(4)10-17(13(9-16-14)12(2)3)15(5)7-8-18-11-15/h12-13,16H,6-11H2,1-5H3. The van der Waals surface area contributed by atoms with E-state index in [4.69, 9.17) is 4.74 Å². The third-order valence-corrected chi connectivity index (χ3v) is 5.10. The van der Waals surface area contributed by atoms with Gasteiger partial charge in [0.15, 0.2) is 0 Å². The second-order valence-corrected chi connectivity index (χ2v) is 7.03. The van der Waals surface area contributed by atoms with Crippen LogP contribution in [0.4, 0.5) is 0 Å². The number of ether oxygens (including phenoxy) is 1. The molecule has 0 saturated carbocycles. The Morgan fingerprint density at radius 2 is 2.11 bits per heavy atom. The molecule has 0 bridgehead atoms. The minimum Gasteiger partial charge on any atom is -0.379 e. The second-order valence-electron chi connectivity index (χ2n) is 7.03. The van der Waals surface area contributed by atoms with Gasteiger partial charge in [-0.25, -0.2) is 0 Å². The zero-order valence-electron chi connectivity index (χ0n) is 12.8. The molecule has 2 fully saturated rings. The fourth-order valence-electron chi connectivity index (χ4n) is 3.32. The molecule has 0 aliphatic carbocycles. The normalized spacial score (nSPS) is 42.7. The highest BCUT2D eigenvalue weighted by atomic mass is 16.5. The summed E-state index contributed by atoms with van der Waals surface area (Å²) < 4.78 is 5.68. The Labute approximate surface area is 112 Å². The van der Waals surface area contributed by atoms with Crippen LogP contribution in [0.5, 0.6) is 0 Å². The van der Waals surface area contributed by atoms with E-state index in [1.807, 2.05) is 0 Å². The summed E-state index contributed by atoms with van der Waals surface area (Å²) >= 11 is 0. The quantitative estimate of drug-likeness (QED) is 0.836. The number of nitrogens with zero attached hydrogens (tertiary/aromatic N) is 1. The Morgan fingerprint density at radius 1 is 1.39 bits per heavy atom. The molecule has 18 heavy (non-hydrogen) atoms. The highest BCUT2D eigenvalue weighted by Gasteiger charge is 2.46. The lowest BCUT2D eigenvalue weighted by molar-refractivity contribution is -0.0263. The summed E-state index contributed by atoms with van der Waals surface area (Å²) in [5.74, 6) is 0.691. The van der Waals surface area contributed by atoms with Crippen molar-refractivity contribution in [1.29, 1.82) is 0 Å². The third-order valence-electron chi connectivity index (χ3n) is 5.10. The Bertz CT molecular complexity index is 286. The van der Waals surface area contributed by atoms with E-state index in [-0.39, 0.29) is 11.1 Å². The van der Waals surface area contributed by atoms with Gasteiger partial charge in [0.25, 0.3) is 0 Å². The predicted octanol–water partition coefficient (Wildman–Crippen LogP) is 2.26. The van der Waals surface area contributed by atoms with Crippen LogP contribution in [0.15, 0.2) is 0 Å². The topological polar surface area (TPSA) is 24.5 Å². The van der Waals surface area contributed by atoms with Gasteiger partial charge in [-0.3, -0.25) is 4.90 Å². The lowest BCUT2D eigenvalue weighted by Crippen LogP contribution is -2.69. The van der Waals surface area contributed by atoms with E-state index in [0.717, 1.165) is 26.3 Å². The van der Waals surface area contributed by atoms with E-state index < -0.39 is 0 Å². The molecule has 0 spiro atoms. The number of hydrogen-bond donors (Lipinski definition) is 1. The van der Waals surface area contributed by atoms with Crippen molar-refractivity contribution in [2.24, 2.45) is 5.92 Å². The van der Waals surface area contributed by atoms with Crippen LogP contribution >= 0.6 is 0 Å². The summed E-state index contributed by atoms with van der Waals surface area (Å²) in [6, 6.07) is 0.635. The van der Waals surface area contributed by atoms with E-state index in [1.54, 1.807) is 0 Å². The van der Waals surface area contributed by atoms with Crippen LogP contribution in [-0.4, -0.2) is 48.3 Å². The molecule has 2 heterocycles. The average molecular weight is 254 g/mol. The molecular formula is C15H30N2O. The minimum atomic E-state index is 0.244. The highest BCUT2D eigenvalue weighted by molar-refractivity contribution is 5.03. The zero-order valence-corrected chi connectivity index (χ0v) is 12.8. The van der Waals surface area contributed by atoms with Gasteiger partial charge >= 0.3 is 0 Å². The fourth-order valence-corrected chi connectivity index (χ4v) is 3.32. The fraction of sp³-hybridized carbons (Fsp3) is 1.00. The van der Waals surface area contributed by atoms with Crippen molar-refractivity contribution in [3.05, 3.63) is 0 Å².